The fourth-order valence-corrected chi connectivity index (χ4v) is 5.14. The van der Waals surface area contributed by atoms with Crippen molar-refractivity contribution in [3.05, 3.63) is 94.5 Å². The number of hydrogen-bond acceptors (Lipinski definition) is 4. The van der Waals surface area contributed by atoms with Gasteiger partial charge in [-0.2, -0.15) is 0 Å². The number of hydrogen-bond donors (Lipinski definition) is 2. The molecule has 0 bridgehead atoms. The number of aliphatic carboxylic acids is 1. The van der Waals surface area contributed by atoms with Gasteiger partial charge in [0.2, 0.25) is 5.91 Å². The van der Waals surface area contributed by atoms with Crippen LogP contribution in [0.25, 0.3) is 0 Å². The molecular weight excluding hydrogens is 542 g/mol. The van der Waals surface area contributed by atoms with Crippen LogP contribution >= 0.6 is 11.6 Å². The van der Waals surface area contributed by atoms with Crippen LogP contribution in [0, 0.1) is 5.41 Å². The molecule has 8 nitrogen and oxygen atoms in total. The van der Waals surface area contributed by atoms with Gasteiger partial charge in [0.15, 0.2) is 0 Å². The number of nitrogens with one attached hydrogen (secondary N) is 1. The van der Waals surface area contributed by atoms with E-state index in [1.54, 1.807) is 46.2 Å². The van der Waals surface area contributed by atoms with Crippen molar-refractivity contribution < 1.29 is 24.3 Å². The van der Waals surface area contributed by atoms with Crippen LogP contribution in [0.4, 0.5) is 11.4 Å². The summed E-state index contributed by atoms with van der Waals surface area (Å²) in [6, 6.07) is 20.7. The Bertz CT molecular complexity index is 1450. The first-order valence-electron chi connectivity index (χ1n) is 13.6. The molecule has 9 heteroatoms. The number of amides is 3. The number of benzene rings is 3. The zero-order valence-corrected chi connectivity index (χ0v) is 24.3. The molecular formula is C32H34ClN3O5. The molecule has 0 unspecified atom stereocenters. The largest absolute Gasteiger partial charge is 0.481 e. The molecule has 0 radical (unpaired) electrons. The highest BCUT2D eigenvalue weighted by molar-refractivity contribution is 6.30. The maximum absolute atomic E-state index is 13.8. The molecule has 0 aromatic heterocycles. The summed E-state index contributed by atoms with van der Waals surface area (Å²) in [5, 5.41) is 12.5. The predicted octanol–water partition coefficient (Wildman–Crippen LogP) is 5.76. The lowest BCUT2D eigenvalue weighted by molar-refractivity contribution is -0.146. The molecule has 1 aliphatic heterocycles. The average molecular weight is 576 g/mol. The molecule has 1 aliphatic rings. The Morgan fingerprint density at radius 2 is 1.59 bits per heavy atom. The molecule has 1 heterocycles. The van der Waals surface area contributed by atoms with Gasteiger partial charge in [-0.3, -0.25) is 19.2 Å². The topological polar surface area (TPSA) is 107 Å². The molecule has 3 amide bonds. The van der Waals surface area contributed by atoms with Crippen LogP contribution in [0.3, 0.4) is 0 Å². The molecule has 0 saturated heterocycles. The van der Waals surface area contributed by atoms with E-state index in [0.29, 0.717) is 34.8 Å². The van der Waals surface area contributed by atoms with E-state index in [1.165, 1.54) is 13.8 Å². The summed E-state index contributed by atoms with van der Waals surface area (Å²) in [6.07, 6.45) is 0.450. The zero-order chi connectivity index (χ0) is 29.9. The second-order valence-electron chi connectivity index (χ2n) is 10.9. The highest BCUT2D eigenvalue weighted by atomic mass is 35.5. The number of fused-ring (bicyclic) bond motifs is 1. The number of likely N-dealkylation sites (N-methyl/N-ethyl adjacent to an activating group) is 1. The zero-order valence-electron chi connectivity index (χ0n) is 23.6. The molecule has 3 aromatic rings. The van der Waals surface area contributed by atoms with Crippen molar-refractivity contribution in [1.82, 2.24) is 5.32 Å². The summed E-state index contributed by atoms with van der Waals surface area (Å²) in [5.41, 5.74) is 1.84. The first kappa shape index (κ1) is 29.8. The van der Waals surface area contributed by atoms with Crippen molar-refractivity contribution in [1.29, 1.82) is 0 Å². The summed E-state index contributed by atoms with van der Waals surface area (Å²) >= 11 is 6.05. The van der Waals surface area contributed by atoms with Crippen molar-refractivity contribution in [3.63, 3.8) is 0 Å². The summed E-state index contributed by atoms with van der Waals surface area (Å²) < 4.78 is 0. The van der Waals surface area contributed by atoms with E-state index in [-0.39, 0.29) is 24.4 Å². The fourth-order valence-electron chi connectivity index (χ4n) is 5.01. The molecule has 41 heavy (non-hydrogen) atoms. The number of carbonyl (C=O) groups is 4. The predicted molar refractivity (Wildman–Crippen MR) is 160 cm³/mol. The van der Waals surface area contributed by atoms with Crippen molar-refractivity contribution in [2.24, 2.45) is 5.41 Å². The highest BCUT2D eigenvalue weighted by Gasteiger charge is 2.39. The monoisotopic (exact) mass is 575 g/mol. The molecule has 4 rings (SSSR count). The van der Waals surface area contributed by atoms with Gasteiger partial charge in [0.1, 0.15) is 0 Å². The highest BCUT2D eigenvalue weighted by Crippen LogP contribution is 2.40. The number of rotatable bonds is 8. The third-order valence-electron chi connectivity index (χ3n) is 7.49. The van der Waals surface area contributed by atoms with Crippen molar-refractivity contribution in [2.45, 2.75) is 46.1 Å². The minimum atomic E-state index is -1.11. The molecule has 0 saturated carbocycles. The number of halogens is 1. The van der Waals surface area contributed by atoms with Crippen molar-refractivity contribution in [3.8, 4) is 0 Å². The van der Waals surface area contributed by atoms with E-state index in [4.69, 9.17) is 11.6 Å². The van der Waals surface area contributed by atoms with Gasteiger partial charge in [-0.15, -0.1) is 0 Å². The lowest BCUT2D eigenvalue weighted by Gasteiger charge is -2.40. The van der Waals surface area contributed by atoms with Gasteiger partial charge in [0.05, 0.1) is 11.3 Å². The van der Waals surface area contributed by atoms with Crippen LogP contribution in [-0.2, 0) is 9.59 Å². The van der Waals surface area contributed by atoms with Gasteiger partial charge in [-0.05, 0) is 94.3 Å². The number of carbonyl (C=O) groups excluding carboxylic acids is 3. The van der Waals surface area contributed by atoms with Crippen LogP contribution in [0.5, 0.6) is 0 Å². The second kappa shape index (κ2) is 12.1. The Hall–Kier alpha value is -4.17. The maximum atomic E-state index is 13.8. The molecule has 0 aliphatic carbocycles. The first-order valence-corrected chi connectivity index (χ1v) is 13.9. The standard InChI is InChI=1S/C32H34ClN3O5/c1-5-35(24-16-14-23(33)15-17-24)30(39)26-18-20(2)36(27-9-7-6-8-25(26)27)29(38)22-12-10-21(11-13-22)28(37)34-19-32(3,4)31(40)41/h6-17,20,26H,5,18-19H2,1-4H3,(H,34,37)(H,40,41)/t20-,26-/m0/s1. The van der Waals surface area contributed by atoms with Crippen LogP contribution in [0.15, 0.2) is 72.8 Å². The van der Waals surface area contributed by atoms with E-state index < -0.39 is 23.2 Å². The Labute approximate surface area is 244 Å². The molecule has 3 aromatic carbocycles. The Morgan fingerprint density at radius 1 is 0.976 bits per heavy atom. The molecule has 214 valence electrons. The maximum Gasteiger partial charge on any atom is 0.310 e. The van der Waals surface area contributed by atoms with Gasteiger partial charge < -0.3 is 20.2 Å². The number of nitrogens with zero attached hydrogens (tertiary/aromatic N) is 2. The Balaban J connectivity index is 1.56. The van der Waals surface area contributed by atoms with E-state index in [2.05, 4.69) is 5.32 Å². The minimum Gasteiger partial charge on any atom is -0.481 e. The van der Waals surface area contributed by atoms with Crippen molar-refractivity contribution in [2.75, 3.05) is 22.9 Å². The Morgan fingerprint density at radius 3 is 2.20 bits per heavy atom. The van der Waals surface area contributed by atoms with Gasteiger partial charge >= 0.3 is 5.97 Å². The van der Waals surface area contributed by atoms with Crippen LogP contribution in [-0.4, -0.2) is 47.9 Å². The number of carboxylic acid groups (broad SMARTS) is 1. The molecule has 2 atom stereocenters. The van der Waals surface area contributed by atoms with E-state index in [1.807, 2.05) is 50.2 Å². The fraction of sp³-hybridized carbons (Fsp3) is 0.312. The molecule has 2 N–H and O–H groups in total. The second-order valence-corrected chi connectivity index (χ2v) is 11.3. The van der Waals surface area contributed by atoms with Gasteiger partial charge in [0.25, 0.3) is 11.8 Å². The number of carboxylic acids is 1. The third-order valence-corrected chi connectivity index (χ3v) is 7.74. The van der Waals surface area contributed by atoms with Gasteiger partial charge in [0, 0.05) is 46.7 Å². The summed E-state index contributed by atoms with van der Waals surface area (Å²) in [6.45, 7) is 7.38. The summed E-state index contributed by atoms with van der Waals surface area (Å²) in [5.74, 6) is -2.13. The Kier molecular flexibility index (Phi) is 8.83. The van der Waals surface area contributed by atoms with Crippen LogP contribution in [0.2, 0.25) is 5.02 Å². The third kappa shape index (κ3) is 6.28. The van der Waals surface area contributed by atoms with Crippen LogP contribution in [0.1, 0.15) is 66.3 Å². The number of anilines is 2. The molecule has 0 spiro atoms. The van der Waals surface area contributed by atoms with Crippen molar-refractivity contribution >= 4 is 46.7 Å². The van der Waals surface area contributed by atoms with Gasteiger partial charge in [-0.1, -0.05) is 29.8 Å². The SMILES string of the molecule is CCN(C(=O)[C@H]1C[C@H](C)N(C(=O)c2ccc(C(=O)NCC(C)(C)C(=O)O)cc2)c2ccccc21)c1ccc(Cl)cc1. The van der Waals surface area contributed by atoms with Crippen LogP contribution < -0.4 is 15.1 Å². The summed E-state index contributed by atoms with van der Waals surface area (Å²) in [7, 11) is 0. The normalized spacial score (nSPS) is 16.5. The van der Waals surface area contributed by atoms with E-state index in [0.717, 1.165) is 11.3 Å². The molecule has 0 fully saturated rings. The van der Waals surface area contributed by atoms with E-state index >= 15 is 0 Å². The first-order chi connectivity index (χ1) is 19.4. The summed E-state index contributed by atoms with van der Waals surface area (Å²) in [4.78, 5) is 54.9. The number of para-hydroxylation sites is 1. The van der Waals surface area contributed by atoms with Gasteiger partial charge in [-0.25, -0.2) is 0 Å². The average Bonchev–Trinajstić information content (AvgIpc) is 2.96. The lowest BCUT2D eigenvalue weighted by Crippen LogP contribution is -2.46. The quantitative estimate of drug-likeness (QED) is 0.355. The lowest BCUT2D eigenvalue weighted by atomic mass is 9.84. The minimum absolute atomic E-state index is 0.0305. The smallest absolute Gasteiger partial charge is 0.310 e. The van der Waals surface area contributed by atoms with E-state index in [9.17, 15) is 24.3 Å².